The van der Waals surface area contributed by atoms with Crippen molar-refractivity contribution in [1.29, 1.82) is 0 Å². The number of anilines is 1. The van der Waals surface area contributed by atoms with Gasteiger partial charge in [-0.3, -0.25) is 0 Å². The van der Waals surface area contributed by atoms with Crippen molar-refractivity contribution >= 4 is 23.3 Å². The maximum Gasteiger partial charge on any atom is 0.418 e. The van der Waals surface area contributed by atoms with Crippen LogP contribution >= 0.6 is 11.6 Å². The van der Waals surface area contributed by atoms with Crippen molar-refractivity contribution in [2.75, 3.05) is 11.9 Å². The van der Waals surface area contributed by atoms with E-state index in [0.29, 0.717) is 0 Å². The highest BCUT2D eigenvalue weighted by molar-refractivity contribution is 6.33. The number of halogens is 4. The highest BCUT2D eigenvalue weighted by Crippen LogP contribution is 2.38. The second-order valence-electron chi connectivity index (χ2n) is 3.93. The molecule has 0 saturated carbocycles. The van der Waals surface area contributed by atoms with Gasteiger partial charge in [0.05, 0.1) is 16.3 Å². The summed E-state index contributed by atoms with van der Waals surface area (Å²) in [7, 11) is 0. The molecule has 1 aromatic carbocycles. The minimum absolute atomic E-state index is 0.0533. The Balaban J connectivity index is 2.96. The summed E-state index contributed by atoms with van der Waals surface area (Å²) in [6.07, 6.45) is -2.92. The highest BCUT2D eigenvalue weighted by Gasteiger charge is 2.34. The van der Waals surface area contributed by atoms with E-state index in [4.69, 9.17) is 16.7 Å². The fourth-order valence-electron chi connectivity index (χ4n) is 1.60. The molecule has 0 spiro atoms. The number of rotatable bonds is 5. The van der Waals surface area contributed by atoms with E-state index in [0.717, 1.165) is 6.07 Å². The maximum absolute atomic E-state index is 12.8. The van der Waals surface area contributed by atoms with E-state index in [1.807, 2.05) is 0 Å². The first-order valence-corrected chi connectivity index (χ1v) is 6.17. The first kappa shape index (κ1) is 16.4. The van der Waals surface area contributed by atoms with Gasteiger partial charge < -0.3 is 10.4 Å². The average Bonchev–Trinajstić information content (AvgIpc) is 2.34. The van der Waals surface area contributed by atoms with Crippen LogP contribution in [0.15, 0.2) is 29.8 Å². The number of carboxylic acids is 1. The van der Waals surface area contributed by atoms with Crippen LogP contribution in [0.4, 0.5) is 18.9 Å². The molecule has 0 aromatic heterocycles. The van der Waals surface area contributed by atoms with Gasteiger partial charge in [-0.2, -0.15) is 13.2 Å². The van der Waals surface area contributed by atoms with Gasteiger partial charge in [-0.15, -0.1) is 0 Å². The summed E-state index contributed by atoms with van der Waals surface area (Å²) in [6.45, 7) is 1.60. The lowest BCUT2D eigenvalue weighted by atomic mass is 10.1. The van der Waals surface area contributed by atoms with E-state index in [1.54, 1.807) is 6.92 Å². The van der Waals surface area contributed by atoms with Crippen LogP contribution in [0.1, 0.15) is 18.9 Å². The minimum Gasteiger partial charge on any atom is -0.478 e. The number of carboxylic acid groups (broad SMARTS) is 1. The molecule has 0 saturated heterocycles. The third kappa shape index (κ3) is 4.16. The van der Waals surface area contributed by atoms with Crippen LogP contribution in [-0.2, 0) is 11.0 Å². The number of nitrogens with one attached hydrogen (secondary N) is 1. The summed E-state index contributed by atoms with van der Waals surface area (Å²) < 4.78 is 38.4. The molecule has 1 rings (SSSR count). The van der Waals surface area contributed by atoms with Crippen LogP contribution in [-0.4, -0.2) is 17.6 Å². The molecule has 0 radical (unpaired) electrons. The van der Waals surface area contributed by atoms with E-state index in [9.17, 15) is 18.0 Å². The number of hydrogen-bond acceptors (Lipinski definition) is 2. The van der Waals surface area contributed by atoms with E-state index in [2.05, 4.69) is 5.32 Å². The Bertz CT molecular complexity index is 527. The van der Waals surface area contributed by atoms with Crippen LogP contribution in [0.2, 0.25) is 5.02 Å². The van der Waals surface area contributed by atoms with Crippen molar-refractivity contribution in [3.05, 3.63) is 40.4 Å². The molecule has 0 heterocycles. The predicted octanol–water partition coefficient (Wildman–Crippen LogP) is 4.19. The zero-order valence-electron chi connectivity index (χ0n) is 10.6. The first-order chi connectivity index (χ1) is 9.27. The van der Waals surface area contributed by atoms with Gasteiger partial charge in [-0.1, -0.05) is 30.7 Å². The Kier molecular flexibility index (Phi) is 5.44. The van der Waals surface area contributed by atoms with E-state index in [-0.39, 0.29) is 29.2 Å². The normalized spacial score (nSPS) is 12.3. The van der Waals surface area contributed by atoms with Crippen LogP contribution < -0.4 is 5.32 Å². The Morgan fingerprint density at radius 1 is 1.45 bits per heavy atom. The molecule has 3 nitrogen and oxygen atoms in total. The van der Waals surface area contributed by atoms with Crippen molar-refractivity contribution < 1.29 is 23.1 Å². The van der Waals surface area contributed by atoms with Crippen molar-refractivity contribution in [2.45, 2.75) is 19.5 Å². The Morgan fingerprint density at radius 2 is 2.10 bits per heavy atom. The van der Waals surface area contributed by atoms with Crippen molar-refractivity contribution in [2.24, 2.45) is 0 Å². The predicted molar refractivity (Wildman–Crippen MR) is 71.0 cm³/mol. The SMILES string of the molecule is CC/C(=C/CNc1c(Cl)cccc1C(F)(F)F)C(=O)O. The second kappa shape index (κ2) is 6.65. The van der Waals surface area contributed by atoms with Crippen molar-refractivity contribution in [1.82, 2.24) is 0 Å². The molecular formula is C13H13ClF3NO2. The van der Waals surface area contributed by atoms with Crippen LogP contribution in [0.25, 0.3) is 0 Å². The lowest BCUT2D eigenvalue weighted by Gasteiger charge is -2.15. The van der Waals surface area contributed by atoms with Gasteiger partial charge >= 0.3 is 12.1 Å². The minimum atomic E-state index is -4.53. The quantitative estimate of drug-likeness (QED) is 0.802. The van der Waals surface area contributed by atoms with Gasteiger partial charge in [0, 0.05) is 12.1 Å². The fourth-order valence-corrected chi connectivity index (χ4v) is 1.84. The van der Waals surface area contributed by atoms with Crippen LogP contribution in [0.3, 0.4) is 0 Å². The van der Waals surface area contributed by atoms with E-state index < -0.39 is 17.7 Å². The van der Waals surface area contributed by atoms with Crippen LogP contribution in [0.5, 0.6) is 0 Å². The number of hydrogen-bond donors (Lipinski definition) is 2. The zero-order valence-corrected chi connectivity index (χ0v) is 11.3. The van der Waals surface area contributed by atoms with Gasteiger partial charge in [0.15, 0.2) is 0 Å². The molecule has 0 aliphatic rings. The monoisotopic (exact) mass is 307 g/mol. The van der Waals surface area contributed by atoms with Crippen LogP contribution in [0, 0.1) is 0 Å². The molecule has 0 fully saturated rings. The Morgan fingerprint density at radius 3 is 2.60 bits per heavy atom. The molecule has 1 aromatic rings. The third-order valence-corrected chi connectivity index (χ3v) is 2.92. The summed E-state index contributed by atoms with van der Waals surface area (Å²) in [5.41, 5.74) is -1.01. The van der Waals surface area contributed by atoms with Gasteiger partial charge in [0.1, 0.15) is 0 Å². The van der Waals surface area contributed by atoms with Crippen molar-refractivity contribution in [3.63, 3.8) is 0 Å². The fraction of sp³-hybridized carbons (Fsp3) is 0.308. The summed E-state index contributed by atoms with van der Waals surface area (Å²) in [5, 5.41) is 11.3. The maximum atomic E-state index is 12.8. The van der Waals surface area contributed by atoms with Crippen molar-refractivity contribution in [3.8, 4) is 0 Å². The topological polar surface area (TPSA) is 49.3 Å². The number of para-hydroxylation sites is 1. The standard InChI is InChI=1S/C13H13ClF3NO2/c1-2-8(12(19)20)6-7-18-11-9(13(15,16)17)4-3-5-10(11)14/h3-6,18H,2,7H2,1H3,(H,19,20)/b8-6-. The summed E-state index contributed by atoms with van der Waals surface area (Å²) in [6, 6.07) is 3.46. The summed E-state index contributed by atoms with van der Waals surface area (Å²) >= 11 is 5.75. The lowest BCUT2D eigenvalue weighted by molar-refractivity contribution is -0.137. The van der Waals surface area contributed by atoms with Gasteiger partial charge in [0.2, 0.25) is 0 Å². The third-order valence-electron chi connectivity index (χ3n) is 2.60. The molecule has 2 N–H and O–H groups in total. The highest BCUT2D eigenvalue weighted by atomic mass is 35.5. The number of benzene rings is 1. The van der Waals surface area contributed by atoms with Gasteiger partial charge in [0.25, 0.3) is 0 Å². The molecular weight excluding hydrogens is 295 g/mol. The molecule has 20 heavy (non-hydrogen) atoms. The van der Waals surface area contributed by atoms with E-state index >= 15 is 0 Å². The molecule has 0 aliphatic heterocycles. The molecule has 110 valence electrons. The molecule has 0 aliphatic carbocycles. The molecule has 0 bridgehead atoms. The zero-order chi connectivity index (χ0) is 15.3. The summed E-state index contributed by atoms with van der Waals surface area (Å²) in [5.74, 6) is -1.09. The Labute approximate surface area is 119 Å². The number of alkyl halides is 3. The Hall–Kier alpha value is -1.69. The second-order valence-corrected chi connectivity index (χ2v) is 4.34. The largest absolute Gasteiger partial charge is 0.478 e. The van der Waals surface area contributed by atoms with Gasteiger partial charge in [-0.05, 0) is 18.6 Å². The number of aliphatic carboxylic acids is 1. The first-order valence-electron chi connectivity index (χ1n) is 5.79. The van der Waals surface area contributed by atoms with Gasteiger partial charge in [-0.25, -0.2) is 4.79 Å². The molecule has 0 atom stereocenters. The lowest BCUT2D eigenvalue weighted by Crippen LogP contribution is -2.12. The smallest absolute Gasteiger partial charge is 0.418 e. The molecule has 0 unspecified atom stereocenters. The molecule has 0 amide bonds. The molecule has 7 heteroatoms. The van der Waals surface area contributed by atoms with E-state index in [1.165, 1.54) is 18.2 Å². The average molecular weight is 308 g/mol. The number of carbonyl (C=O) groups is 1. The summed E-state index contributed by atoms with van der Waals surface area (Å²) in [4.78, 5) is 10.8.